The van der Waals surface area contributed by atoms with Crippen molar-refractivity contribution in [2.45, 2.75) is 51.9 Å². The van der Waals surface area contributed by atoms with E-state index in [9.17, 15) is 0 Å². The first-order chi connectivity index (χ1) is 9.26. The van der Waals surface area contributed by atoms with Crippen LogP contribution in [0.4, 0.5) is 5.69 Å². The Labute approximate surface area is 117 Å². The van der Waals surface area contributed by atoms with Crippen molar-refractivity contribution in [3.8, 4) is 5.75 Å². The first-order valence-corrected chi connectivity index (χ1v) is 7.68. The van der Waals surface area contributed by atoms with E-state index in [2.05, 4.69) is 31.3 Å². The predicted molar refractivity (Wildman–Crippen MR) is 82.1 cm³/mol. The van der Waals surface area contributed by atoms with Gasteiger partial charge < -0.3 is 10.1 Å². The summed E-state index contributed by atoms with van der Waals surface area (Å²) in [6.45, 7) is 5.75. The molecule has 0 bridgehead atoms. The van der Waals surface area contributed by atoms with Gasteiger partial charge in [-0.3, -0.25) is 0 Å². The third kappa shape index (κ3) is 3.43. The van der Waals surface area contributed by atoms with Gasteiger partial charge in [-0.1, -0.05) is 46.0 Å². The Kier molecular flexibility index (Phi) is 5.12. The third-order valence-electron chi connectivity index (χ3n) is 4.37. The molecule has 106 valence electrons. The molecule has 1 aromatic rings. The second kappa shape index (κ2) is 6.83. The Hall–Kier alpha value is -1.18. The molecule has 1 aliphatic rings. The van der Waals surface area contributed by atoms with E-state index in [1.807, 2.05) is 6.07 Å². The van der Waals surface area contributed by atoms with Crippen LogP contribution in [0.3, 0.4) is 0 Å². The van der Waals surface area contributed by atoms with Crippen LogP contribution in [0.2, 0.25) is 0 Å². The van der Waals surface area contributed by atoms with Gasteiger partial charge in [-0.05, 0) is 29.7 Å². The molecular weight excluding hydrogens is 234 g/mol. The van der Waals surface area contributed by atoms with Crippen LogP contribution < -0.4 is 10.1 Å². The molecule has 1 aliphatic heterocycles. The Morgan fingerprint density at radius 1 is 1.32 bits per heavy atom. The van der Waals surface area contributed by atoms with Gasteiger partial charge in [0.1, 0.15) is 5.75 Å². The number of unbranched alkanes of at least 4 members (excludes halogenated alkanes) is 3. The van der Waals surface area contributed by atoms with E-state index < -0.39 is 0 Å². The van der Waals surface area contributed by atoms with E-state index in [0.29, 0.717) is 5.92 Å². The number of nitrogens with one attached hydrogen (secondary N) is 1. The van der Waals surface area contributed by atoms with Crippen LogP contribution in [-0.2, 0) is 0 Å². The number of benzene rings is 1. The normalized spacial score (nSPS) is 18.8. The van der Waals surface area contributed by atoms with Crippen molar-refractivity contribution >= 4 is 5.69 Å². The topological polar surface area (TPSA) is 21.3 Å². The van der Waals surface area contributed by atoms with E-state index in [-0.39, 0.29) is 0 Å². The molecule has 0 saturated heterocycles. The number of hydrogen-bond donors (Lipinski definition) is 1. The average molecular weight is 261 g/mol. The van der Waals surface area contributed by atoms with E-state index >= 15 is 0 Å². The van der Waals surface area contributed by atoms with Gasteiger partial charge in [0, 0.05) is 18.2 Å². The summed E-state index contributed by atoms with van der Waals surface area (Å²) >= 11 is 0. The first-order valence-electron chi connectivity index (χ1n) is 7.68. The van der Waals surface area contributed by atoms with E-state index in [4.69, 9.17) is 4.74 Å². The maximum absolute atomic E-state index is 5.35. The minimum Gasteiger partial charge on any atom is -0.497 e. The minimum atomic E-state index is 0.645. The van der Waals surface area contributed by atoms with E-state index in [1.165, 1.54) is 43.4 Å². The fourth-order valence-corrected chi connectivity index (χ4v) is 3.07. The maximum atomic E-state index is 5.35. The summed E-state index contributed by atoms with van der Waals surface area (Å²) in [6.07, 6.45) is 6.78. The van der Waals surface area contributed by atoms with Crippen molar-refractivity contribution in [3.05, 3.63) is 23.8 Å². The van der Waals surface area contributed by atoms with Crippen LogP contribution in [0.5, 0.6) is 5.75 Å². The standard InChI is InChI=1S/C17H27NO/c1-4-5-6-7-8-13(2)16-12-18-17-10-9-14(19-3)11-15(16)17/h9-11,13,16,18H,4-8,12H2,1-3H3. The van der Waals surface area contributed by atoms with Crippen LogP contribution in [0, 0.1) is 5.92 Å². The highest BCUT2D eigenvalue weighted by atomic mass is 16.5. The molecular formula is C17H27NO. The maximum Gasteiger partial charge on any atom is 0.119 e. The van der Waals surface area contributed by atoms with Gasteiger partial charge in [0.15, 0.2) is 0 Å². The molecule has 0 amide bonds. The monoisotopic (exact) mass is 261 g/mol. The molecule has 2 atom stereocenters. The van der Waals surface area contributed by atoms with E-state index in [0.717, 1.165) is 18.2 Å². The average Bonchev–Trinajstić information content (AvgIpc) is 2.86. The number of fused-ring (bicyclic) bond motifs is 1. The highest BCUT2D eigenvalue weighted by Gasteiger charge is 2.27. The lowest BCUT2D eigenvalue weighted by Crippen LogP contribution is -2.12. The summed E-state index contributed by atoms with van der Waals surface area (Å²) < 4.78 is 5.35. The Balaban J connectivity index is 1.96. The molecule has 2 nitrogen and oxygen atoms in total. The lowest BCUT2D eigenvalue weighted by molar-refractivity contribution is 0.409. The number of ether oxygens (including phenoxy) is 1. The molecule has 0 fully saturated rings. The second-order valence-corrected chi connectivity index (χ2v) is 5.77. The van der Waals surface area contributed by atoms with Crippen molar-refractivity contribution < 1.29 is 4.74 Å². The summed E-state index contributed by atoms with van der Waals surface area (Å²) in [5, 5.41) is 3.53. The van der Waals surface area contributed by atoms with Crippen molar-refractivity contribution in [1.82, 2.24) is 0 Å². The Morgan fingerprint density at radius 2 is 2.16 bits per heavy atom. The summed E-state index contributed by atoms with van der Waals surface area (Å²) in [5.74, 6) is 2.37. The van der Waals surface area contributed by atoms with Crippen LogP contribution in [-0.4, -0.2) is 13.7 Å². The molecule has 0 aromatic heterocycles. The highest BCUT2D eigenvalue weighted by Crippen LogP contribution is 2.39. The van der Waals surface area contributed by atoms with Crippen molar-refractivity contribution in [1.29, 1.82) is 0 Å². The zero-order chi connectivity index (χ0) is 13.7. The van der Waals surface area contributed by atoms with Crippen LogP contribution in [0.15, 0.2) is 18.2 Å². The lowest BCUT2D eigenvalue weighted by atomic mass is 9.85. The van der Waals surface area contributed by atoms with Crippen LogP contribution in [0.1, 0.15) is 57.4 Å². The van der Waals surface area contributed by atoms with Gasteiger partial charge in [0.05, 0.1) is 7.11 Å². The zero-order valence-corrected chi connectivity index (χ0v) is 12.5. The third-order valence-corrected chi connectivity index (χ3v) is 4.37. The summed E-state index contributed by atoms with van der Waals surface area (Å²) in [5.41, 5.74) is 2.74. The van der Waals surface area contributed by atoms with Crippen molar-refractivity contribution in [2.75, 3.05) is 19.0 Å². The molecule has 1 aromatic carbocycles. The summed E-state index contributed by atoms with van der Waals surface area (Å²) in [4.78, 5) is 0. The molecule has 0 aliphatic carbocycles. The lowest BCUT2D eigenvalue weighted by Gasteiger charge is -2.19. The Morgan fingerprint density at radius 3 is 2.89 bits per heavy atom. The molecule has 2 rings (SSSR count). The molecule has 0 radical (unpaired) electrons. The number of hydrogen-bond acceptors (Lipinski definition) is 2. The number of anilines is 1. The van der Waals surface area contributed by atoms with Crippen molar-refractivity contribution in [3.63, 3.8) is 0 Å². The second-order valence-electron chi connectivity index (χ2n) is 5.77. The van der Waals surface area contributed by atoms with Gasteiger partial charge >= 0.3 is 0 Å². The van der Waals surface area contributed by atoms with Gasteiger partial charge in [-0.2, -0.15) is 0 Å². The zero-order valence-electron chi connectivity index (χ0n) is 12.5. The van der Waals surface area contributed by atoms with Crippen LogP contribution in [0.25, 0.3) is 0 Å². The molecule has 0 saturated carbocycles. The summed E-state index contributed by atoms with van der Waals surface area (Å²) in [7, 11) is 1.74. The first kappa shape index (κ1) is 14.2. The molecule has 2 unspecified atom stereocenters. The van der Waals surface area contributed by atoms with Gasteiger partial charge in [0.25, 0.3) is 0 Å². The fraction of sp³-hybridized carbons (Fsp3) is 0.647. The highest BCUT2D eigenvalue weighted by molar-refractivity contribution is 5.60. The van der Waals surface area contributed by atoms with E-state index in [1.54, 1.807) is 7.11 Å². The largest absolute Gasteiger partial charge is 0.497 e. The number of rotatable bonds is 7. The van der Waals surface area contributed by atoms with Gasteiger partial charge in [0.2, 0.25) is 0 Å². The molecule has 19 heavy (non-hydrogen) atoms. The molecule has 0 spiro atoms. The quantitative estimate of drug-likeness (QED) is 0.711. The number of methoxy groups -OCH3 is 1. The van der Waals surface area contributed by atoms with Crippen LogP contribution >= 0.6 is 0 Å². The fourth-order valence-electron chi connectivity index (χ4n) is 3.07. The SMILES string of the molecule is CCCCCCC(C)C1CNc2ccc(OC)cc21. The van der Waals surface area contributed by atoms with Gasteiger partial charge in [-0.25, -0.2) is 0 Å². The molecule has 1 heterocycles. The smallest absolute Gasteiger partial charge is 0.119 e. The Bertz CT molecular complexity index is 402. The molecule has 1 N–H and O–H groups in total. The molecule has 2 heteroatoms. The minimum absolute atomic E-state index is 0.645. The van der Waals surface area contributed by atoms with Gasteiger partial charge in [-0.15, -0.1) is 0 Å². The predicted octanol–water partition coefficient (Wildman–Crippen LogP) is 4.81. The van der Waals surface area contributed by atoms with Crippen molar-refractivity contribution in [2.24, 2.45) is 5.92 Å². The summed E-state index contributed by atoms with van der Waals surface area (Å²) in [6, 6.07) is 6.40.